The summed E-state index contributed by atoms with van der Waals surface area (Å²) >= 11 is 4.61. The molecule has 1 heterocycles. The number of urea groups is 1. The zero-order chi connectivity index (χ0) is 15.4. The molecule has 8 heteroatoms. The highest BCUT2D eigenvalue weighted by Crippen LogP contribution is 2.21. The lowest BCUT2D eigenvalue weighted by Crippen LogP contribution is -2.28. The maximum absolute atomic E-state index is 11.8. The van der Waals surface area contributed by atoms with Gasteiger partial charge in [0, 0.05) is 21.2 Å². The number of hydrogen-bond acceptors (Lipinski definition) is 4. The van der Waals surface area contributed by atoms with Crippen LogP contribution in [0.15, 0.2) is 28.1 Å². The predicted molar refractivity (Wildman–Crippen MR) is 83.8 cm³/mol. The molecule has 0 saturated heterocycles. The number of halogens is 1. The van der Waals surface area contributed by atoms with E-state index in [1.54, 1.807) is 12.1 Å². The van der Waals surface area contributed by atoms with E-state index in [1.165, 1.54) is 17.4 Å². The summed E-state index contributed by atoms with van der Waals surface area (Å²) < 4.78 is 0.458. The zero-order valence-electron chi connectivity index (χ0n) is 11.0. The summed E-state index contributed by atoms with van der Waals surface area (Å²) in [6, 6.07) is 4.16. The second-order valence-electron chi connectivity index (χ2n) is 4.19. The van der Waals surface area contributed by atoms with E-state index in [0.717, 1.165) is 10.7 Å². The molecular formula is C13H12BrN3O3S. The van der Waals surface area contributed by atoms with Crippen LogP contribution in [0.4, 0.5) is 10.5 Å². The molecule has 0 aliphatic carbocycles. The molecule has 1 aromatic carbocycles. The molecule has 0 aliphatic heterocycles. The van der Waals surface area contributed by atoms with Gasteiger partial charge >= 0.3 is 12.0 Å². The van der Waals surface area contributed by atoms with E-state index in [4.69, 9.17) is 5.11 Å². The van der Waals surface area contributed by atoms with Gasteiger partial charge in [0.15, 0.2) is 0 Å². The molecule has 0 saturated carbocycles. The van der Waals surface area contributed by atoms with E-state index < -0.39 is 12.0 Å². The van der Waals surface area contributed by atoms with E-state index in [-0.39, 0.29) is 5.56 Å². The van der Waals surface area contributed by atoms with Crippen LogP contribution in [-0.2, 0) is 6.54 Å². The standard InChI is InChI=1S/C13H12BrN3O3S/c1-7-6-21-11(16-7)5-15-13(20)17-8-2-3-10(14)9(4-8)12(18)19/h2-4,6H,5H2,1H3,(H,18,19)(H2,15,17,20). The molecule has 1 aromatic heterocycles. The third-order valence-electron chi connectivity index (χ3n) is 2.52. The average molecular weight is 370 g/mol. The molecule has 110 valence electrons. The Hall–Kier alpha value is -1.93. The molecule has 0 bridgehead atoms. The molecule has 2 rings (SSSR count). The number of nitrogens with one attached hydrogen (secondary N) is 2. The lowest BCUT2D eigenvalue weighted by Gasteiger charge is -2.08. The van der Waals surface area contributed by atoms with Crippen molar-refractivity contribution < 1.29 is 14.7 Å². The summed E-state index contributed by atoms with van der Waals surface area (Å²) in [5, 5.41) is 17.0. The number of carboxylic acids is 1. The summed E-state index contributed by atoms with van der Waals surface area (Å²) in [7, 11) is 0. The van der Waals surface area contributed by atoms with E-state index in [0.29, 0.717) is 16.7 Å². The Morgan fingerprint density at radius 3 is 2.81 bits per heavy atom. The van der Waals surface area contributed by atoms with E-state index in [9.17, 15) is 9.59 Å². The molecule has 0 aliphatic rings. The minimum atomic E-state index is -1.07. The Labute approximate surface area is 133 Å². The number of amides is 2. The minimum absolute atomic E-state index is 0.0864. The van der Waals surface area contributed by atoms with Crippen LogP contribution in [0.2, 0.25) is 0 Å². The number of hydrogen-bond donors (Lipinski definition) is 3. The van der Waals surface area contributed by atoms with Crippen molar-refractivity contribution in [2.24, 2.45) is 0 Å². The Morgan fingerprint density at radius 2 is 2.19 bits per heavy atom. The second-order valence-corrected chi connectivity index (χ2v) is 5.99. The van der Waals surface area contributed by atoms with Gasteiger partial charge in [0.2, 0.25) is 0 Å². The van der Waals surface area contributed by atoms with Crippen LogP contribution in [-0.4, -0.2) is 22.1 Å². The first-order valence-corrected chi connectivity index (χ1v) is 7.61. The van der Waals surface area contributed by atoms with Crippen LogP contribution < -0.4 is 10.6 Å². The first kappa shape index (κ1) is 15.5. The number of anilines is 1. The van der Waals surface area contributed by atoms with Crippen molar-refractivity contribution in [2.45, 2.75) is 13.5 Å². The van der Waals surface area contributed by atoms with Crippen LogP contribution in [0.5, 0.6) is 0 Å². The fourth-order valence-corrected chi connectivity index (χ4v) is 2.71. The normalized spacial score (nSPS) is 10.2. The van der Waals surface area contributed by atoms with Gasteiger partial charge in [0.1, 0.15) is 5.01 Å². The summed E-state index contributed by atoms with van der Waals surface area (Å²) in [6.07, 6.45) is 0. The lowest BCUT2D eigenvalue weighted by atomic mass is 10.2. The molecule has 21 heavy (non-hydrogen) atoms. The lowest BCUT2D eigenvalue weighted by molar-refractivity contribution is 0.0696. The molecule has 0 unspecified atom stereocenters. The Bertz CT molecular complexity index is 687. The van der Waals surface area contributed by atoms with Crippen molar-refractivity contribution in [3.63, 3.8) is 0 Å². The molecule has 0 radical (unpaired) electrons. The molecular weight excluding hydrogens is 358 g/mol. The van der Waals surface area contributed by atoms with Gasteiger partial charge in [-0.25, -0.2) is 14.6 Å². The highest BCUT2D eigenvalue weighted by molar-refractivity contribution is 9.10. The Morgan fingerprint density at radius 1 is 1.43 bits per heavy atom. The van der Waals surface area contributed by atoms with Crippen LogP contribution in [0.25, 0.3) is 0 Å². The van der Waals surface area contributed by atoms with Crippen LogP contribution in [0.3, 0.4) is 0 Å². The highest BCUT2D eigenvalue weighted by Gasteiger charge is 2.10. The number of carbonyl (C=O) groups excluding carboxylic acids is 1. The summed E-state index contributed by atoms with van der Waals surface area (Å²) in [5.74, 6) is -1.07. The van der Waals surface area contributed by atoms with Crippen LogP contribution in [0, 0.1) is 6.92 Å². The van der Waals surface area contributed by atoms with Gasteiger partial charge < -0.3 is 15.7 Å². The monoisotopic (exact) mass is 369 g/mol. The first-order chi connectivity index (χ1) is 9.95. The SMILES string of the molecule is Cc1csc(CNC(=O)Nc2ccc(Br)c(C(=O)O)c2)n1. The number of aromatic nitrogens is 1. The molecule has 2 aromatic rings. The number of benzene rings is 1. The van der Waals surface area contributed by atoms with E-state index in [1.807, 2.05) is 12.3 Å². The van der Waals surface area contributed by atoms with Gasteiger partial charge in [-0.1, -0.05) is 0 Å². The topological polar surface area (TPSA) is 91.3 Å². The maximum Gasteiger partial charge on any atom is 0.336 e. The number of aromatic carboxylic acids is 1. The van der Waals surface area contributed by atoms with Gasteiger partial charge in [-0.3, -0.25) is 0 Å². The van der Waals surface area contributed by atoms with Crippen molar-refractivity contribution in [3.05, 3.63) is 44.3 Å². The summed E-state index contributed by atoms with van der Waals surface area (Å²) in [4.78, 5) is 27.0. The van der Waals surface area contributed by atoms with Gasteiger partial charge in [-0.05, 0) is 41.1 Å². The van der Waals surface area contributed by atoms with Gasteiger partial charge in [-0.2, -0.15) is 0 Å². The van der Waals surface area contributed by atoms with Crippen molar-refractivity contribution in [1.82, 2.24) is 10.3 Å². The number of rotatable bonds is 4. The third-order valence-corrected chi connectivity index (χ3v) is 4.18. The number of carboxylic acid groups (broad SMARTS) is 1. The van der Waals surface area contributed by atoms with Crippen molar-refractivity contribution in [2.75, 3.05) is 5.32 Å². The van der Waals surface area contributed by atoms with Gasteiger partial charge in [0.05, 0.1) is 12.1 Å². The molecule has 2 amide bonds. The average Bonchev–Trinajstić information content (AvgIpc) is 2.84. The maximum atomic E-state index is 11.8. The van der Waals surface area contributed by atoms with Crippen molar-refractivity contribution in [3.8, 4) is 0 Å². The summed E-state index contributed by atoms with van der Waals surface area (Å²) in [6.45, 7) is 2.21. The Kier molecular flexibility index (Phi) is 4.92. The number of thiazole rings is 1. The predicted octanol–water partition coefficient (Wildman–Crippen LogP) is 3.23. The van der Waals surface area contributed by atoms with E-state index in [2.05, 4.69) is 31.5 Å². The largest absolute Gasteiger partial charge is 0.478 e. The minimum Gasteiger partial charge on any atom is -0.478 e. The zero-order valence-corrected chi connectivity index (χ0v) is 13.4. The molecule has 6 nitrogen and oxygen atoms in total. The fraction of sp³-hybridized carbons (Fsp3) is 0.154. The van der Waals surface area contributed by atoms with Crippen LogP contribution in [0.1, 0.15) is 21.1 Å². The van der Waals surface area contributed by atoms with Crippen molar-refractivity contribution >= 4 is 45.0 Å². The molecule has 3 N–H and O–H groups in total. The van der Waals surface area contributed by atoms with Gasteiger partial charge in [-0.15, -0.1) is 11.3 Å². The number of nitrogens with zero attached hydrogens (tertiary/aromatic N) is 1. The van der Waals surface area contributed by atoms with Gasteiger partial charge in [0.25, 0.3) is 0 Å². The second kappa shape index (κ2) is 6.68. The van der Waals surface area contributed by atoms with Crippen molar-refractivity contribution in [1.29, 1.82) is 0 Å². The fourth-order valence-electron chi connectivity index (χ4n) is 1.58. The number of carbonyl (C=O) groups is 2. The van der Waals surface area contributed by atoms with Crippen LogP contribution >= 0.6 is 27.3 Å². The summed E-state index contributed by atoms with van der Waals surface area (Å²) in [5.41, 5.74) is 1.41. The highest BCUT2D eigenvalue weighted by atomic mass is 79.9. The molecule has 0 fully saturated rings. The Balaban J connectivity index is 1.96. The smallest absolute Gasteiger partial charge is 0.336 e. The quantitative estimate of drug-likeness (QED) is 0.771. The number of aryl methyl sites for hydroxylation is 1. The molecule has 0 atom stereocenters. The first-order valence-electron chi connectivity index (χ1n) is 5.94. The molecule has 0 spiro atoms. The van der Waals surface area contributed by atoms with E-state index >= 15 is 0 Å². The third kappa shape index (κ3) is 4.27.